The van der Waals surface area contributed by atoms with E-state index in [2.05, 4.69) is 9.80 Å². The van der Waals surface area contributed by atoms with Crippen molar-refractivity contribution in [1.29, 1.82) is 0 Å². The maximum Gasteiger partial charge on any atom is 0.236 e. The monoisotopic (exact) mass is 389 g/mol. The molecule has 152 valence electrons. The summed E-state index contributed by atoms with van der Waals surface area (Å²) in [5.41, 5.74) is 0.848. The third-order valence-electron chi connectivity index (χ3n) is 5.07. The molecule has 0 spiro atoms. The number of aryl methyl sites for hydroxylation is 1. The SMILES string of the molecule is COc1ccc(F)cc1CN1CCN(CC(=O)N(C)Cc2ccc(C)o2)CC1. The molecule has 1 saturated heterocycles. The largest absolute Gasteiger partial charge is 0.496 e. The first-order valence-electron chi connectivity index (χ1n) is 9.51. The van der Waals surface area contributed by atoms with Crippen molar-refractivity contribution >= 4 is 5.91 Å². The molecule has 0 atom stereocenters. The van der Waals surface area contributed by atoms with Crippen LogP contribution < -0.4 is 4.74 Å². The first kappa shape index (κ1) is 20.4. The zero-order chi connectivity index (χ0) is 20.1. The van der Waals surface area contributed by atoms with Crippen molar-refractivity contribution in [1.82, 2.24) is 14.7 Å². The molecule has 0 unspecified atom stereocenters. The predicted molar refractivity (Wildman–Crippen MR) is 105 cm³/mol. The van der Waals surface area contributed by atoms with Gasteiger partial charge in [0.05, 0.1) is 20.2 Å². The van der Waals surface area contributed by atoms with E-state index in [1.807, 2.05) is 19.1 Å². The van der Waals surface area contributed by atoms with E-state index in [4.69, 9.17) is 9.15 Å². The minimum Gasteiger partial charge on any atom is -0.496 e. The number of nitrogens with zero attached hydrogens (tertiary/aromatic N) is 3. The van der Waals surface area contributed by atoms with E-state index in [0.717, 1.165) is 43.3 Å². The first-order valence-corrected chi connectivity index (χ1v) is 9.51. The standard InChI is InChI=1S/C21H28FN3O3/c1-16-4-6-19(28-16)14-23(2)21(26)15-25-10-8-24(9-11-25)13-17-12-18(22)5-7-20(17)27-3/h4-7,12H,8-11,13-15H2,1-3H3. The van der Waals surface area contributed by atoms with Gasteiger partial charge in [-0.1, -0.05) is 0 Å². The summed E-state index contributed by atoms with van der Waals surface area (Å²) in [5.74, 6) is 2.17. The van der Waals surface area contributed by atoms with E-state index >= 15 is 0 Å². The summed E-state index contributed by atoms with van der Waals surface area (Å²) in [6.45, 7) is 6.67. The van der Waals surface area contributed by atoms with Gasteiger partial charge >= 0.3 is 0 Å². The van der Waals surface area contributed by atoms with Crippen molar-refractivity contribution in [3.63, 3.8) is 0 Å². The van der Waals surface area contributed by atoms with Crippen LogP contribution in [0, 0.1) is 12.7 Å². The lowest BCUT2D eigenvalue weighted by Gasteiger charge is -2.35. The molecule has 0 N–H and O–H groups in total. The maximum absolute atomic E-state index is 13.5. The van der Waals surface area contributed by atoms with Gasteiger partial charge in [0.15, 0.2) is 0 Å². The second-order valence-electron chi connectivity index (χ2n) is 7.27. The normalized spacial score (nSPS) is 15.6. The Hall–Kier alpha value is -2.38. The summed E-state index contributed by atoms with van der Waals surface area (Å²) in [5, 5.41) is 0. The van der Waals surface area contributed by atoms with E-state index < -0.39 is 0 Å². The van der Waals surface area contributed by atoms with Crippen LogP contribution in [-0.4, -0.2) is 67.5 Å². The zero-order valence-corrected chi connectivity index (χ0v) is 16.8. The highest BCUT2D eigenvalue weighted by molar-refractivity contribution is 5.77. The number of benzene rings is 1. The number of methoxy groups -OCH3 is 1. The Kier molecular flexibility index (Phi) is 6.70. The average molecular weight is 389 g/mol. The molecule has 1 aromatic carbocycles. The Morgan fingerprint density at radius 1 is 1.18 bits per heavy atom. The highest BCUT2D eigenvalue weighted by atomic mass is 19.1. The van der Waals surface area contributed by atoms with Crippen molar-refractivity contribution in [3.05, 3.63) is 53.2 Å². The van der Waals surface area contributed by atoms with Crippen LogP contribution in [0.3, 0.4) is 0 Å². The molecule has 1 aliphatic rings. The number of hydrogen-bond acceptors (Lipinski definition) is 5. The molecule has 0 radical (unpaired) electrons. The van der Waals surface area contributed by atoms with E-state index in [1.54, 1.807) is 25.1 Å². The number of piperazine rings is 1. The Bertz CT molecular complexity index is 800. The Balaban J connectivity index is 1.46. The Labute approximate surface area is 165 Å². The molecule has 6 nitrogen and oxygen atoms in total. The molecule has 1 amide bonds. The number of likely N-dealkylation sites (N-methyl/N-ethyl adjacent to an activating group) is 1. The number of ether oxygens (including phenoxy) is 1. The lowest BCUT2D eigenvalue weighted by atomic mass is 10.1. The topological polar surface area (TPSA) is 49.2 Å². The molecular formula is C21H28FN3O3. The molecule has 2 heterocycles. The van der Waals surface area contributed by atoms with Gasteiger partial charge in [0.2, 0.25) is 5.91 Å². The number of rotatable bonds is 7. The summed E-state index contributed by atoms with van der Waals surface area (Å²) in [6, 6.07) is 8.40. The summed E-state index contributed by atoms with van der Waals surface area (Å²) >= 11 is 0. The zero-order valence-electron chi connectivity index (χ0n) is 16.8. The molecule has 3 rings (SSSR count). The van der Waals surface area contributed by atoms with E-state index in [1.165, 1.54) is 12.1 Å². The van der Waals surface area contributed by atoms with Crippen LogP contribution >= 0.6 is 0 Å². The van der Waals surface area contributed by atoms with Gasteiger partial charge in [0.1, 0.15) is 23.1 Å². The second kappa shape index (κ2) is 9.21. The molecule has 0 bridgehead atoms. The fraction of sp³-hybridized carbons (Fsp3) is 0.476. The Morgan fingerprint density at radius 3 is 2.54 bits per heavy atom. The summed E-state index contributed by atoms with van der Waals surface area (Å²) in [4.78, 5) is 18.6. The number of carbonyl (C=O) groups excluding carboxylic acids is 1. The third-order valence-corrected chi connectivity index (χ3v) is 5.07. The number of furan rings is 1. The van der Waals surface area contributed by atoms with Crippen LogP contribution in [-0.2, 0) is 17.9 Å². The van der Waals surface area contributed by atoms with Crippen LogP contribution in [0.5, 0.6) is 5.75 Å². The fourth-order valence-corrected chi connectivity index (χ4v) is 3.42. The lowest BCUT2D eigenvalue weighted by Crippen LogP contribution is -2.49. The first-order chi connectivity index (χ1) is 13.4. The number of amides is 1. The maximum atomic E-state index is 13.5. The van der Waals surface area contributed by atoms with Crippen molar-refractivity contribution in [2.75, 3.05) is 46.9 Å². The van der Waals surface area contributed by atoms with Crippen molar-refractivity contribution < 1.29 is 18.3 Å². The average Bonchev–Trinajstić information content (AvgIpc) is 3.08. The van der Waals surface area contributed by atoms with Gasteiger partial charge in [0.25, 0.3) is 0 Å². The van der Waals surface area contributed by atoms with Gasteiger partial charge in [-0.25, -0.2) is 4.39 Å². The van der Waals surface area contributed by atoms with Crippen LogP contribution in [0.15, 0.2) is 34.7 Å². The molecule has 2 aromatic rings. The lowest BCUT2D eigenvalue weighted by molar-refractivity contribution is -0.132. The van der Waals surface area contributed by atoms with Crippen LogP contribution in [0.1, 0.15) is 17.1 Å². The van der Waals surface area contributed by atoms with E-state index in [0.29, 0.717) is 25.4 Å². The highest BCUT2D eigenvalue weighted by Gasteiger charge is 2.22. The molecule has 28 heavy (non-hydrogen) atoms. The molecular weight excluding hydrogens is 361 g/mol. The van der Waals surface area contributed by atoms with Gasteiger partial charge in [-0.15, -0.1) is 0 Å². The summed E-state index contributed by atoms with van der Waals surface area (Å²) in [7, 11) is 3.40. The minimum absolute atomic E-state index is 0.0781. The van der Waals surface area contributed by atoms with Gasteiger partial charge in [-0.3, -0.25) is 14.6 Å². The quantitative estimate of drug-likeness (QED) is 0.728. The van der Waals surface area contributed by atoms with Gasteiger partial charge < -0.3 is 14.1 Å². The molecule has 7 heteroatoms. The summed E-state index contributed by atoms with van der Waals surface area (Å²) < 4.78 is 24.4. The number of carbonyl (C=O) groups is 1. The fourth-order valence-electron chi connectivity index (χ4n) is 3.42. The molecule has 0 aliphatic carbocycles. The minimum atomic E-state index is -0.255. The van der Waals surface area contributed by atoms with Crippen LogP contribution in [0.2, 0.25) is 0 Å². The van der Waals surface area contributed by atoms with Gasteiger partial charge in [-0.05, 0) is 37.3 Å². The van der Waals surface area contributed by atoms with E-state index in [9.17, 15) is 9.18 Å². The number of hydrogen-bond donors (Lipinski definition) is 0. The van der Waals surface area contributed by atoms with Crippen molar-refractivity contribution in [2.45, 2.75) is 20.0 Å². The predicted octanol–water partition coefficient (Wildman–Crippen LogP) is 2.51. The Morgan fingerprint density at radius 2 is 1.89 bits per heavy atom. The highest BCUT2D eigenvalue weighted by Crippen LogP contribution is 2.21. The molecule has 1 aromatic heterocycles. The molecule has 1 fully saturated rings. The van der Waals surface area contributed by atoms with Crippen LogP contribution in [0.25, 0.3) is 0 Å². The summed E-state index contributed by atoms with van der Waals surface area (Å²) in [6.07, 6.45) is 0. The molecule has 0 saturated carbocycles. The van der Waals surface area contributed by atoms with Crippen molar-refractivity contribution in [3.8, 4) is 5.75 Å². The molecule has 1 aliphatic heterocycles. The van der Waals surface area contributed by atoms with Crippen molar-refractivity contribution in [2.24, 2.45) is 0 Å². The number of halogens is 1. The second-order valence-corrected chi connectivity index (χ2v) is 7.27. The van der Waals surface area contributed by atoms with Crippen LogP contribution in [0.4, 0.5) is 4.39 Å². The van der Waals surface area contributed by atoms with E-state index in [-0.39, 0.29) is 11.7 Å². The smallest absolute Gasteiger partial charge is 0.236 e. The van der Waals surface area contributed by atoms with Gasteiger partial charge in [-0.2, -0.15) is 0 Å². The van der Waals surface area contributed by atoms with Gasteiger partial charge in [0, 0.05) is 45.3 Å². The third kappa shape index (κ3) is 5.33.